The fourth-order valence-corrected chi connectivity index (χ4v) is 1.56. The monoisotopic (exact) mass is 234 g/mol. The van der Waals surface area contributed by atoms with Crippen molar-refractivity contribution in [2.24, 2.45) is 7.05 Å². The summed E-state index contributed by atoms with van der Waals surface area (Å²) in [5, 5.41) is 7.75. The van der Waals surface area contributed by atoms with Crippen LogP contribution < -0.4 is 0 Å². The van der Waals surface area contributed by atoms with Gasteiger partial charge in [-0.05, 0) is 12.5 Å². The third kappa shape index (κ3) is 2.58. The summed E-state index contributed by atoms with van der Waals surface area (Å²) in [6, 6.07) is 1.67. The van der Waals surface area contributed by atoms with Crippen molar-refractivity contribution >= 4 is 5.78 Å². The minimum absolute atomic E-state index is 0.0725. The van der Waals surface area contributed by atoms with E-state index in [1.54, 1.807) is 19.3 Å². The fourth-order valence-electron chi connectivity index (χ4n) is 1.56. The van der Waals surface area contributed by atoms with Gasteiger partial charge in [0.15, 0.2) is 11.6 Å². The number of hydrogen-bond donors (Lipinski definition) is 0. The number of Topliss-reactive ketones (excluding diaryl/α,β-unsaturated/α-hetero) is 1. The number of carbonyl (C=O) groups excluding carboxylic acids is 1. The second-order valence-electron chi connectivity index (χ2n) is 3.79. The number of hydrogen-bond acceptors (Lipinski definition) is 5. The van der Waals surface area contributed by atoms with Crippen LogP contribution in [0.3, 0.4) is 0 Å². The molecule has 6 heteroatoms. The van der Waals surface area contributed by atoms with E-state index < -0.39 is 0 Å². The van der Waals surface area contributed by atoms with Crippen molar-refractivity contribution in [2.75, 3.05) is 0 Å². The minimum Gasteiger partial charge on any atom is -0.339 e. The molecule has 0 unspecified atom stereocenters. The third-order valence-electron chi connectivity index (χ3n) is 2.40. The zero-order valence-corrected chi connectivity index (χ0v) is 9.88. The molecule has 0 aromatic carbocycles. The van der Waals surface area contributed by atoms with Gasteiger partial charge in [0.2, 0.25) is 5.89 Å². The van der Waals surface area contributed by atoms with Crippen LogP contribution >= 0.6 is 0 Å². The molecule has 0 amide bonds. The third-order valence-corrected chi connectivity index (χ3v) is 2.40. The summed E-state index contributed by atoms with van der Waals surface area (Å²) >= 11 is 0. The standard InChI is InChI=1S/C11H14N4O2/c1-3-4-10-13-11(17-14-10)7-9(16)8-5-6-12-15(8)2/h5-6H,3-4,7H2,1-2H3. The van der Waals surface area contributed by atoms with Crippen LogP contribution in [0.25, 0.3) is 0 Å². The predicted octanol–water partition coefficient (Wildman–Crippen LogP) is 1.18. The highest BCUT2D eigenvalue weighted by Gasteiger charge is 2.15. The van der Waals surface area contributed by atoms with Gasteiger partial charge in [0.25, 0.3) is 0 Å². The van der Waals surface area contributed by atoms with E-state index >= 15 is 0 Å². The van der Waals surface area contributed by atoms with Gasteiger partial charge in [-0.1, -0.05) is 12.1 Å². The highest BCUT2D eigenvalue weighted by Crippen LogP contribution is 2.06. The van der Waals surface area contributed by atoms with E-state index in [-0.39, 0.29) is 12.2 Å². The van der Waals surface area contributed by atoms with Crippen LogP contribution in [0.1, 0.15) is 35.5 Å². The van der Waals surface area contributed by atoms with Gasteiger partial charge in [0.05, 0.1) is 6.42 Å². The molecular formula is C11H14N4O2. The van der Waals surface area contributed by atoms with Crippen LogP contribution in [0, 0.1) is 0 Å². The second kappa shape index (κ2) is 4.90. The second-order valence-corrected chi connectivity index (χ2v) is 3.79. The summed E-state index contributed by atoms with van der Waals surface area (Å²) in [5.74, 6) is 0.941. The molecule has 0 saturated heterocycles. The molecule has 2 aromatic rings. The molecule has 0 bridgehead atoms. The van der Waals surface area contributed by atoms with Gasteiger partial charge in [-0.2, -0.15) is 10.1 Å². The molecule has 90 valence electrons. The molecule has 0 fully saturated rings. The molecule has 2 rings (SSSR count). The van der Waals surface area contributed by atoms with Crippen molar-refractivity contribution in [3.05, 3.63) is 29.7 Å². The molecule has 2 heterocycles. The maximum atomic E-state index is 11.9. The first-order chi connectivity index (χ1) is 8.20. The van der Waals surface area contributed by atoms with E-state index in [0.717, 1.165) is 12.8 Å². The Hall–Kier alpha value is -1.98. The summed E-state index contributed by atoms with van der Waals surface area (Å²) in [7, 11) is 1.73. The van der Waals surface area contributed by atoms with Gasteiger partial charge in [0.1, 0.15) is 5.69 Å². The largest absolute Gasteiger partial charge is 0.339 e. The van der Waals surface area contributed by atoms with E-state index in [1.807, 2.05) is 6.92 Å². The van der Waals surface area contributed by atoms with E-state index in [2.05, 4.69) is 15.2 Å². The van der Waals surface area contributed by atoms with Crippen molar-refractivity contribution in [2.45, 2.75) is 26.2 Å². The van der Waals surface area contributed by atoms with Crippen LogP contribution in [0.5, 0.6) is 0 Å². The first-order valence-electron chi connectivity index (χ1n) is 5.53. The number of aryl methyl sites for hydroxylation is 2. The van der Waals surface area contributed by atoms with Crippen molar-refractivity contribution in [3.63, 3.8) is 0 Å². The predicted molar refractivity (Wildman–Crippen MR) is 59.5 cm³/mol. The van der Waals surface area contributed by atoms with E-state index in [4.69, 9.17) is 4.52 Å². The molecular weight excluding hydrogens is 220 g/mol. The Kier molecular flexibility index (Phi) is 3.32. The van der Waals surface area contributed by atoms with E-state index in [1.165, 1.54) is 4.68 Å². The molecule has 0 aliphatic rings. The first-order valence-corrected chi connectivity index (χ1v) is 5.53. The number of carbonyl (C=O) groups is 1. The Morgan fingerprint density at radius 1 is 1.53 bits per heavy atom. The fraction of sp³-hybridized carbons (Fsp3) is 0.455. The molecule has 0 atom stereocenters. The molecule has 0 aliphatic heterocycles. The highest BCUT2D eigenvalue weighted by atomic mass is 16.5. The lowest BCUT2D eigenvalue weighted by Gasteiger charge is -1.97. The van der Waals surface area contributed by atoms with Gasteiger partial charge in [-0.15, -0.1) is 0 Å². The van der Waals surface area contributed by atoms with Crippen LogP contribution in [-0.2, 0) is 19.9 Å². The van der Waals surface area contributed by atoms with Crippen molar-refractivity contribution < 1.29 is 9.32 Å². The molecule has 2 aromatic heterocycles. The zero-order chi connectivity index (χ0) is 12.3. The van der Waals surface area contributed by atoms with Crippen LogP contribution in [0.15, 0.2) is 16.8 Å². The van der Waals surface area contributed by atoms with Gasteiger partial charge < -0.3 is 4.52 Å². The molecule has 0 aliphatic carbocycles. The smallest absolute Gasteiger partial charge is 0.234 e. The first kappa shape index (κ1) is 11.5. The number of rotatable bonds is 5. The van der Waals surface area contributed by atoms with Gasteiger partial charge >= 0.3 is 0 Å². The van der Waals surface area contributed by atoms with Gasteiger partial charge in [0, 0.05) is 19.7 Å². The van der Waals surface area contributed by atoms with E-state index in [9.17, 15) is 4.79 Å². The Balaban J connectivity index is 2.05. The molecule has 6 nitrogen and oxygen atoms in total. The topological polar surface area (TPSA) is 73.8 Å². The molecule has 0 radical (unpaired) electrons. The maximum absolute atomic E-state index is 11.9. The summed E-state index contributed by atoms with van der Waals surface area (Å²) in [6.45, 7) is 2.04. The summed E-state index contributed by atoms with van der Waals surface area (Å²) < 4.78 is 6.55. The summed E-state index contributed by atoms with van der Waals surface area (Å²) in [4.78, 5) is 16.0. The van der Waals surface area contributed by atoms with Crippen LogP contribution in [0.2, 0.25) is 0 Å². The lowest BCUT2D eigenvalue weighted by molar-refractivity contribution is 0.0974. The SMILES string of the molecule is CCCc1noc(CC(=O)c2ccnn2C)n1. The molecule has 17 heavy (non-hydrogen) atoms. The Labute approximate surface area is 98.6 Å². The quantitative estimate of drug-likeness (QED) is 0.726. The number of ketones is 1. The summed E-state index contributed by atoms with van der Waals surface area (Å²) in [5.41, 5.74) is 0.542. The molecule has 0 spiro atoms. The van der Waals surface area contributed by atoms with Crippen molar-refractivity contribution in [1.82, 2.24) is 19.9 Å². The van der Waals surface area contributed by atoms with Crippen LogP contribution in [0.4, 0.5) is 0 Å². The number of nitrogens with zero attached hydrogens (tertiary/aromatic N) is 4. The maximum Gasteiger partial charge on any atom is 0.234 e. The minimum atomic E-state index is -0.0725. The van der Waals surface area contributed by atoms with Crippen molar-refractivity contribution in [3.8, 4) is 0 Å². The Morgan fingerprint density at radius 2 is 2.35 bits per heavy atom. The lowest BCUT2D eigenvalue weighted by Crippen LogP contribution is -2.09. The average molecular weight is 234 g/mol. The van der Waals surface area contributed by atoms with Crippen LogP contribution in [-0.4, -0.2) is 25.7 Å². The zero-order valence-electron chi connectivity index (χ0n) is 9.88. The Bertz CT molecular complexity index is 515. The summed E-state index contributed by atoms with van der Waals surface area (Å²) in [6.07, 6.45) is 3.43. The molecule has 0 N–H and O–H groups in total. The highest BCUT2D eigenvalue weighted by molar-refractivity contribution is 5.95. The average Bonchev–Trinajstić information content (AvgIpc) is 2.88. The van der Waals surface area contributed by atoms with Crippen molar-refractivity contribution in [1.29, 1.82) is 0 Å². The van der Waals surface area contributed by atoms with Gasteiger partial charge in [-0.25, -0.2) is 0 Å². The Morgan fingerprint density at radius 3 is 3.00 bits per heavy atom. The van der Waals surface area contributed by atoms with Gasteiger partial charge in [-0.3, -0.25) is 9.48 Å². The lowest BCUT2D eigenvalue weighted by atomic mass is 10.2. The normalized spacial score (nSPS) is 10.7. The molecule has 0 saturated carbocycles. The van der Waals surface area contributed by atoms with E-state index in [0.29, 0.717) is 17.4 Å². The number of aromatic nitrogens is 4.